The third kappa shape index (κ3) is 3.59. The number of aliphatic carboxylic acids is 1. The summed E-state index contributed by atoms with van der Waals surface area (Å²) in [6, 6.07) is 6.54. The van der Waals surface area contributed by atoms with E-state index in [1.54, 1.807) is 24.3 Å². The van der Waals surface area contributed by atoms with Crippen molar-refractivity contribution in [2.45, 2.75) is 19.4 Å². The van der Waals surface area contributed by atoms with Crippen LogP contribution in [0.1, 0.15) is 28.8 Å². The normalized spacial score (nSPS) is 17.2. The lowest BCUT2D eigenvalue weighted by molar-refractivity contribution is -0.154. The fourth-order valence-electron chi connectivity index (χ4n) is 2.34. The minimum Gasteiger partial charge on any atom is -0.481 e. The summed E-state index contributed by atoms with van der Waals surface area (Å²) >= 11 is 0. The number of carbonyl (C=O) groups is 2. The number of rotatable bonds is 5. The monoisotopic (exact) mass is 293 g/mol. The van der Waals surface area contributed by atoms with Crippen molar-refractivity contribution < 1.29 is 24.5 Å². The third-order valence-electron chi connectivity index (χ3n) is 3.89. The Labute approximate surface area is 122 Å². The molecule has 1 aliphatic heterocycles. The summed E-state index contributed by atoms with van der Waals surface area (Å²) in [4.78, 5) is 23.5. The third-order valence-corrected chi connectivity index (χ3v) is 3.89. The molecule has 0 atom stereocenters. The first-order chi connectivity index (χ1) is 10.1. The van der Waals surface area contributed by atoms with Gasteiger partial charge in [0.05, 0.1) is 12.0 Å². The Balaban J connectivity index is 1.99. The highest BCUT2D eigenvalue weighted by Crippen LogP contribution is 2.30. The number of carbonyl (C=O) groups excluding carboxylic acids is 1. The van der Waals surface area contributed by atoms with Gasteiger partial charge in [-0.15, -0.1) is 0 Å². The fourth-order valence-corrected chi connectivity index (χ4v) is 2.34. The molecule has 1 heterocycles. The molecule has 1 saturated heterocycles. The van der Waals surface area contributed by atoms with Gasteiger partial charge in [-0.2, -0.15) is 0 Å². The lowest BCUT2D eigenvalue weighted by Gasteiger charge is -2.33. The smallest absolute Gasteiger partial charge is 0.311 e. The molecule has 114 valence electrons. The van der Waals surface area contributed by atoms with Crippen molar-refractivity contribution in [3.8, 4) is 0 Å². The maximum absolute atomic E-state index is 12.1. The van der Waals surface area contributed by atoms with Crippen LogP contribution in [0.5, 0.6) is 0 Å². The van der Waals surface area contributed by atoms with E-state index in [1.165, 1.54) is 0 Å². The molecule has 2 rings (SSSR count). The van der Waals surface area contributed by atoms with E-state index in [9.17, 15) is 14.7 Å². The predicted molar refractivity (Wildman–Crippen MR) is 74.8 cm³/mol. The Hall–Kier alpha value is -1.92. The van der Waals surface area contributed by atoms with Gasteiger partial charge in [0.25, 0.3) is 5.91 Å². The van der Waals surface area contributed by atoms with Crippen LogP contribution in [0.3, 0.4) is 0 Å². The van der Waals surface area contributed by atoms with Crippen LogP contribution in [0, 0.1) is 5.41 Å². The zero-order chi connectivity index (χ0) is 15.3. The van der Waals surface area contributed by atoms with Crippen LogP contribution in [-0.2, 0) is 16.1 Å². The molecule has 0 saturated carbocycles. The molecule has 0 aromatic heterocycles. The van der Waals surface area contributed by atoms with Crippen molar-refractivity contribution in [2.24, 2.45) is 5.41 Å². The summed E-state index contributed by atoms with van der Waals surface area (Å²) < 4.78 is 5.19. The lowest BCUT2D eigenvalue weighted by atomic mass is 9.80. The molecule has 0 spiro atoms. The Morgan fingerprint density at radius 2 is 1.81 bits per heavy atom. The highest BCUT2D eigenvalue weighted by atomic mass is 16.5. The molecular weight excluding hydrogens is 274 g/mol. The number of nitrogens with one attached hydrogen (secondary N) is 1. The first-order valence-electron chi connectivity index (χ1n) is 6.86. The summed E-state index contributed by atoms with van der Waals surface area (Å²) in [5.74, 6) is -1.21. The Kier molecular flexibility index (Phi) is 4.93. The van der Waals surface area contributed by atoms with Crippen molar-refractivity contribution in [1.82, 2.24) is 5.32 Å². The first-order valence-corrected chi connectivity index (χ1v) is 6.86. The zero-order valence-electron chi connectivity index (χ0n) is 11.7. The Morgan fingerprint density at radius 3 is 2.33 bits per heavy atom. The van der Waals surface area contributed by atoms with Gasteiger partial charge in [-0.05, 0) is 30.5 Å². The highest BCUT2D eigenvalue weighted by molar-refractivity contribution is 5.94. The van der Waals surface area contributed by atoms with E-state index in [0.29, 0.717) is 31.6 Å². The Bertz CT molecular complexity index is 505. The second-order valence-electron chi connectivity index (χ2n) is 5.24. The van der Waals surface area contributed by atoms with E-state index in [0.717, 1.165) is 5.56 Å². The van der Waals surface area contributed by atoms with Crippen LogP contribution >= 0.6 is 0 Å². The standard InChI is InChI=1S/C15H19NO5/c17-9-11-1-3-12(4-2-11)13(18)16-10-15(14(19)20)5-7-21-8-6-15/h1-4,17H,5-10H2,(H,16,18)(H,19,20). The van der Waals surface area contributed by atoms with Crippen molar-refractivity contribution in [2.75, 3.05) is 19.8 Å². The summed E-state index contributed by atoms with van der Waals surface area (Å²) in [5, 5.41) is 21.1. The molecule has 21 heavy (non-hydrogen) atoms. The van der Waals surface area contributed by atoms with Gasteiger partial charge in [-0.25, -0.2) is 0 Å². The Morgan fingerprint density at radius 1 is 1.19 bits per heavy atom. The maximum Gasteiger partial charge on any atom is 0.311 e. The summed E-state index contributed by atoms with van der Waals surface area (Å²) in [6.07, 6.45) is 0.790. The zero-order valence-corrected chi connectivity index (χ0v) is 11.7. The SMILES string of the molecule is O=C(NCC1(C(=O)O)CCOCC1)c1ccc(CO)cc1. The molecular formula is C15H19NO5. The number of carboxylic acids is 1. The number of hydrogen-bond acceptors (Lipinski definition) is 4. The minimum atomic E-state index is -0.945. The first kappa shape index (κ1) is 15.5. The van der Waals surface area contributed by atoms with Gasteiger partial charge in [0, 0.05) is 25.3 Å². The number of benzene rings is 1. The molecule has 6 heteroatoms. The molecule has 1 amide bonds. The van der Waals surface area contributed by atoms with Crippen molar-refractivity contribution >= 4 is 11.9 Å². The molecule has 1 fully saturated rings. The molecule has 6 nitrogen and oxygen atoms in total. The number of carboxylic acid groups (broad SMARTS) is 1. The van der Waals surface area contributed by atoms with E-state index >= 15 is 0 Å². The van der Waals surface area contributed by atoms with Crippen molar-refractivity contribution in [3.05, 3.63) is 35.4 Å². The van der Waals surface area contributed by atoms with Gasteiger partial charge in [-0.3, -0.25) is 9.59 Å². The van der Waals surface area contributed by atoms with Gasteiger partial charge in [0.2, 0.25) is 0 Å². The molecule has 0 radical (unpaired) electrons. The molecule has 0 aliphatic carbocycles. The summed E-state index contributed by atoms with van der Waals surface area (Å²) in [6.45, 7) is 0.803. The van der Waals surface area contributed by atoms with E-state index in [-0.39, 0.29) is 19.1 Å². The molecule has 1 aliphatic rings. The topological polar surface area (TPSA) is 95.9 Å². The number of aliphatic hydroxyl groups is 1. The van der Waals surface area contributed by atoms with Crippen LogP contribution in [-0.4, -0.2) is 41.8 Å². The summed E-state index contributed by atoms with van der Waals surface area (Å²) in [7, 11) is 0. The molecule has 1 aromatic rings. The lowest BCUT2D eigenvalue weighted by Crippen LogP contribution is -2.46. The molecule has 0 unspecified atom stereocenters. The minimum absolute atomic E-state index is 0.0793. The number of ether oxygens (including phenoxy) is 1. The van der Waals surface area contributed by atoms with Crippen LogP contribution in [0.15, 0.2) is 24.3 Å². The average molecular weight is 293 g/mol. The quantitative estimate of drug-likeness (QED) is 0.746. The van der Waals surface area contributed by atoms with Crippen molar-refractivity contribution in [3.63, 3.8) is 0 Å². The molecule has 3 N–H and O–H groups in total. The largest absolute Gasteiger partial charge is 0.481 e. The predicted octanol–water partition coefficient (Wildman–Crippen LogP) is 0.790. The van der Waals surface area contributed by atoms with E-state index in [1.807, 2.05) is 0 Å². The van der Waals surface area contributed by atoms with Crippen LogP contribution in [0.2, 0.25) is 0 Å². The van der Waals surface area contributed by atoms with Crippen LogP contribution in [0.25, 0.3) is 0 Å². The maximum atomic E-state index is 12.1. The van der Waals surface area contributed by atoms with Gasteiger partial charge in [0.15, 0.2) is 0 Å². The summed E-state index contributed by atoms with van der Waals surface area (Å²) in [5.41, 5.74) is 0.219. The molecule has 1 aromatic carbocycles. The highest BCUT2D eigenvalue weighted by Gasteiger charge is 2.40. The van der Waals surface area contributed by atoms with E-state index < -0.39 is 11.4 Å². The van der Waals surface area contributed by atoms with Crippen molar-refractivity contribution in [1.29, 1.82) is 0 Å². The average Bonchev–Trinajstić information content (AvgIpc) is 2.53. The fraction of sp³-hybridized carbons (Fsp3) is 0.467. The van der Waals surface area contributed by atoms with Gasteiger partial charge >= 0.3 is 5.97 Å². The second kappa shape index (κ2) is 6.69. The second-order valence-corrected chi connectivity index (χ2v) is 5.24. The van der Waals surface area contributed by atoms with E-state index in [2.05, 4.69) is 5.32 Å². The van der Waals surface area contributed by atoms with Gasteiger partial charge in [0.1, 0.15) is 0 Å². The number of amides is 1. The van der Waals surface area contributed by atoms with Gasteiger partial charge < -0.3 is 20.3 Å². The van der Waals surface area contributed by atoms with Crippen LogP contribution < -0.4 is 5.32 Å². The number of aliphatic hydroxyl groups excluding tert-OH is 1. The van der Waals surface area contributed by atoms with Gasteiger partial charge in [-0.1, -0.05) is 12.1 Å². The van der Waals surface area contributed by atoms with Crippen LogP contribution in [0.4, 0.5) is 0 Å². The van der Waals surface area contributed by atoms with E-state index in [4.69, 9.17) is 9.84 Å². The molecule has 0 bridgehead atoms. The number of hydrogen-bond donors (Lipinski definition) is 3.